The van der Waals surface area contributed by atoms with E-state index in [2.05, 4.69) is 79.1 Å². The van der Waals surface area contributed by atoms with Crippen LogP contribution in [-0.4, -0.2) is 22.6 Å². The van der Waals surface area contributed by atoms with Gasteiger partial charge in [-0.2, -0.15) is 0 Å². The molecule has 0 N–H and O–H groups in total. The van der Waals surface area contributed by atoms with E-state index in [0.29, 0.717) is 10.8 Å². The first-order valence-corrected chi connectivity index (χ1v) is 22.7. The SMILES string of the molecule is CC(CCCC(C)[C@H]1CCC2C3CCC4=CC(O[Si](C)(C)C)=CC[C@]4(C)C3CC[C@@]21C)C(=O)O[Si](C)(C)C. The van der Waals surface area contributed by atoms with E-state index in [0.717, 1.165) is 48.2 Å². The van der Waals surface area contributed by atoms with Crippen molar-refractivity contribution >= 4 is 22.6 Å². The lowest BCUT2D eigenvalue weighted by Gasteiger charge is -2.58. The molecule has 0 aromatic heterocycles. The van der Waals surface area contributed by atoms with Crippen molar-refractivity contribution in [1.82, 2.24) is 0 Å². The second kappa shape index (κ2) is 10.9. The fourth-order valence-electron chi connectivity index (χ4n) is 9.26. The summed E-state index contributed by atoms with van der Waals surface area (Å²) in [6.45, 7) is 23.0. The molecule has 4 aliphatic rings. The molecule has 3 saturated carbocycles. The van der Waals surface area contributed by atoms with E-state index in [-0.39, 0.29) is 11.9 Å². The van der Waals surface area contributed by atoms with E-state index >= 15 is 0 Å². The van der Waals surface area contributed by atoms with Gasteiger partial charge >= 0.3 is 0 Å². The zero-order valence-corrected chi connectivity index (χ0v) is 28.4. The van der Waals surface area contributed by atoms with Crippen molar-refractivity contribution in [3.05, 3.63) is 23.5 Å². The second-order valence-electron chi connectivity index (χ2n) is 16.1. The third kappa shape index (κ3) is 6.24. The Labute approximate surface area is 236 Å². The van der Waals surface area contributed by atoms with Crippen LogP contribution in [0.3, 0.4) is 0 Å². The molecule has 3 fully saturated rings. The first-order valence-electron chi connectivity index (χ1n) is 15.9. The molecule has 0 heterocycles. The third-order valence-electron chi connectivity index (χ3n) is 11.1. The van der Waals surface area contributed by atoms with Crippen LogP contribution in [0.15, 0.2) is 23.5 Å². The third-order valence-corrected chi connectivity index (χ3v) is 12.7. The lowest BCUT2D eigenvalue weighted by atomic mass is 9.47. The summed E-state index contributed by atoms with van der Waals surface area (Å²) in [6, 6.07) is 0. The predicted molar refractivity (Wildman–Crippen MR) is 165 cm³/mol. The van der Waals surface area contributed by atoms with Gasteiger partial charge in [0.1, 0.15) is 0 Å². The van der Waals surface area contributed by atoms with Gasteiger partial charge in [-0.1, -0.05) is 46.1 Å². The molecule has 0 amide bonds. The molecule has 4 rings (SSSR count). The summed E-state index contributed by atoms with van der Waals surface area (Å²) in [5, 5.41) is 0. The highest BCUT2D eigenvalue weighted by molar-refractivity contribution is 6.71. The number of hydrogen-bond acceptors (Lipinski definition) is 3. The van der Waals surface area contributed by atoms with Gasteiger partial charge in [-0.15, -0.1) is 0 Å². The minimum Gasteiger partial charge on any atom is -0.545 e. The number of fused-ring (bicyclic) bond motifs is 5. The minimum absolute atomic E-state index is 0.0268. The van der Waals surface area contributed by atoms with Gasteiger partial charge in [-0.3, -0.25) is 4.79 Å². The molecule has 0 bridgehead atoms. The molecule has 0 aliphatic heterocycles. The van der Waals surface area contributed by atoms with Crippen LogP contribution in [0.25, 0.3) is 0 Å². The fourth-order valence-corrected chi connectivity index (χ4v) is 10.9. The van der Waals surface area contributed by atoms with Crippen molar-refractivity contribution in [2.24, 2.45) is 46.3 Å². The van der Waals surface area contributed by atoms with Crippen LogP contribution in [0.5, 0.6) is 0 Å². The summed E-state index contributed by atoms with van der Waals surface area (Å²) < 4.78 is 12.2. The number of allylic oxidation sites excluding steroid dienone is 3. The van der Waals surface area contributed by atoms with Crippen LogP contribution >= 0.6 is 0 Å². The summed E-state index contributed by atoms with van der Waals surface area (Å²) in [4.78, 5) is 12.5. The predicted octanol–water partition coefficient (Wildman–Crippen LogP) is 9.73. The average Bonchev–Trinajstić information content (AvgIpc) is 3.14. The highest BCUT2D eigenvalue weighted by Gasteiger charge is 2.59. The summed E-state index contributed by atoms with van der Waals surface area (Å²) in [5.41, 5.74) is 2.51. The van der Waals surface area contributed by atoms with E-state index in [1.165, 1.54) is 51.4 Å². The standard InChI is InChI=1S/C33H58O3Si2/c1-23(12-11-13-24(2)31(34)36-38(8,9)10)28-16-17-29-27-15-14-25-22-26(35-37(5,6)7)18-20-32(25,3)30(27)19-21-33(28,29)4/h18,22-24,27-30H,11-17,19-21H2,1-10H3/t23?,24?,27?,28-,29?,30?,32+,33-/m1/s1. The fraction of sp³-hybridized carbons (Fsp3) is 0.848. The molecule has 0 aromatic rings. The highest BCUT2D eigenvalue weighted by Crippen LogP contribution is 2.67. The van der Waals surface area contributed by atoms with Gasteiger partial charge in [0.15, 0.2) is 0 Å². The molecule has 0 radical (unpaired) electrons. The molecule has 0 spiro atoms. The lowest BCUT2D eigenvalue weighted by molar-refractivity contribution is -0.139. The molecule has 4 aliphatic carbocycles. The van der Waals surface area contributed by atoms with Gasteiger partial charge < -0.3 is 8.85 Å². The molecule has 216 valence electrons. The Bertz CT molecular complexity index is 941. The van der Waals surface area contributed by atoms with Crippen LogP contribution in [0.1, 0.15) is 91.9 Å². The molecule has 8 atom stereocenters. The average molecular weight is 559 g/mol. The molecule has 5 unspecified atom stereocenters. The van der Waals surface area contributed by atoms with Gasteiger partial charge in [0.25, 0.3) is 5.97 Å². The van der Waals surface area contributed by atoms with Gasteiger partial charge in [0.2, 0.25) is 16.6 Å². The topological polar surface area (TPSA) is 35.5 Å². The van der Waals surface area contributed by atoms with Crippen LogP contribution in [0.2, 0.25) is 39.3 Å². The zero-order valence-electron chi connectivity index (χ0n) is 26.4. The van der Waals surface area contributed by atoms with Crippen molar-refractivity contribution in [1.29, 1.82) is 0 Å². The molecule has 0 saturated heterocycles. The minimum atomic E-state index is -1.80. The zero-order chi connectivity index (χ0) is 28.1. The molecule has 5 heteroatoms. The smallest absolute Gasteiger partial charge is 0.295 e. The largest absolute Gasteiger partial charge is 0.545 e. The Balaban J connectivity index is 1.36. The Morgan fingerprint density at radius 2 is 1.68 bits per heavy atom. The molecular formula is C33H58O3Si2. The number of carbonyl (C=O) groups is 1. The van der Waals surface area contributed by atoms with Gasteiger partial charge in [-0.25, -0.2) is 0 Å². The summed E-state index contributed by atoms with van der Waals surface area (Å²) in [7, 11) is -3.37. The molecule has 0 aromatic carbocycles. The summed E-state index contributed by atoms with van der Waals surface area (Å²) >= 11 is 0. The molecular weight excluding hydrogens is 501 g/mol. The highest BCUT2D eigenvalue weighted by atomic mass is 28.4. The van der Waals surface area contributed by atoms with Crippen molar-refractivity contribution in [3.8, 4) is 0 Å². The Morgan fingerprint density at radius 1 is 0.974 bits per heavy atom. The Kier molecular flexibility index (Phi) is 8.63. The van der Waals surface area contributed by atoms with E-state index in [4.69, 9.17) is 8.85 Å². The van der Waals surface area contributed by atoms with Crippen LogP contribution < -0.4 is 0 Å². The number of carbonyl (C=O) groups excluding carboxylic acids is 1. The van der Waals surface area contributed by atoms with E-state index in [1.807, 2.05) is 0 Å². The first-order chi connectivity index (χ1) is 17.5. The first kappa shape index (κ1) is 30.1. The van der Waals surface area contributed by atoms with Crippen molar-refractivity contribution in [2.75, 3.05) is 0 Å². The maximum absolute atomic E-state index is 12.5. The van der Waals surface area contributed by atoms with Crippen molar-refractivity contribution in [3.63, 3.8) is 0 Å². The summed E-state index contributed by atoms with van der Waals surface area (Å²) in [5.74, 6) is 5.41. The quantitative estimate of drug-likeness (QED) is 0.264. The Morgan fingerprint density at radius 3 is 2.34 bits per heavy atom. The summed E-state index contributed by atoms with van der Waals surface area (Å²) in [6.07, 6.45) is 17.7. The van der Waals surface area contributed by atoms with Gasteiger partial charge in [-0.05, 0) is 143 Å². The Hall–Kier alpha value is -0.816. The second-order valence-corrected chi connectivity index (χ2v) is 25.0. The lowest BCUT2D eigenvalue weighted by Crippen LogP contribution is -2.50. The maximum atomic E-state index is 12.5. The van der Waals surface area contributed by atoms with E-state index in [1.54, 1.807) is 5.57 Å². The number of hydrogen-bond donors (Lipinski definition) is 0. The van der Waals surface area contributed by atoms with Gasteiger partial charge in [0, 0.05) is 0 Å². The van der Waals surface area contributed by atoms with Crippen LogP contribution in [0.4, 0.5) is 0 Å². The molecule has 3 nitrogen and oxygen atoms in total. The van der Waals surface area contributed by atoms with E-state index in [9.17, 15) is 4.79 Å². The van der Waals surface area contributed by atoms with Gasteiger partial charge in [0.05, 0.1) is 11.7 Å². The normalized spacial score (nSPS) is 36.7. The van der Waals surface area contributed by atoms with Crippen LogP contribution in [0, 0.1) is 46.3 Å². The van der Waals surface area contributed by atoms with E-state index < -0.39 is 16.6 Å². The van der Waals surface area contributed by atoms with Crippen LogP contribution in [-0.2, 0) is 13.6 Å². The maximum Gasteiger partial charge on any atom is 0.295 e. The number of rotatable bonds is 9. The monoisotopic (exact) mass is 558 g/mol. The molecule has 38 heavy (non-hydrogen) atoms. The van der Waals surface area contributed by atoms with Crippen molar-refractivity contribution < 1.29 is 13.6 Å². The van der Waals surface area contributed by atoms with Crippen molar-refractivity contribution in [2.45, 2.75) is 131 Å².